The number of guanidine groups is 1. The van der Waals surface area contributed by atoms with E-state index in [1.54, 1.807) is 13.8 Å². The summed E-state index contributed by atoms with van der Waals surface area (Å²) >= 11 is 0. The molecule has 2 saturated heterocycles. The maximum Gasteiger partial charge on any atom is 0.350 e. The van der Waals surface area contributed by atoms with Crippen molar-refractivity contribution in [2.75, 3.05) is 39.7 Å². The summed E-state index contributed by atoms with van der Waals surface area (Å²) in [7, 11) is -2.80. The molecule has 3 aliphatic heterocycles. The average Bonchev–Trinajstić information content (AvgIpc) is 3.64. The standard InChI is InChI=1S/C34H63N4O10P/c1-5-7-8-9-10-11-12-13-14-15-16-17-18-19-21-42-22-20-23-44-49(41)45-24-27-28-29(48-34(47-28)43-6-2)31(46-27)38-25-35-32(37-33(38)40)36-30(39)26(3)4/h26-29,31,34,49H,5-25H2,1-4H3,(H2,35,36,37,39,40)/t27-,28?,29?,31-,34?/m1/s1. The van der Waals surface area contributed by atoms with Gasteiger partial charge in [0, 0.05) is 25.7 Å². The molecule has 0 bridgehead atoms. The third-order valence-electron chi connectivity index (χ3n) is 8.73. The predicted molar refractivity (Wildman–Crippen MR) is 186 cm³/mol. The van der Waals surface area contributed by atoms with Crippen molar-refractivity contribution in [3.05, 3.63) is 0 Å². The highest BCUT2D eigenvalue weighted by Gasteiger charge is 2.56. The molecule has 0 aromatic rings. The summed E-state index contributed by atoms with van der Waals surface area (Å²) in [4.78, 5) is 30.2. The lowest BCUT2D eigenvalue weighted by Crippen LogP contribution is -2.57. The highest BCUT2D eigenvalue weighted by Crippen LogP contribution is 2.38. The third-order valence-corrected chi connectivity index (χ3v) is 9.57. The van der Waals surface area contributed by atoms with Gasteiger partial charge in [0.15, 0.2) is 6.23 Å². The molecule has 0 aliphatic carbocycles. The van der Waals surface area contributed by atoms with Crippen molar-refractivity contribution in [3.8, 4) is 0 Å². The van der Waals surface area contributed by atoms with E-state index in [4.69, 9.17) is 32.7 Å². The number of urea groups is 1. The molecule has 14 nitrogen and oxygen atoms in total. The van der Waals surface area contributed by atoms with Crippen LogP contribution in [0.2, 0.25) is 0 Å². The van der Waals surface area contributed by atoms with Crippen LogP contribution in [0.25, 0.3) is 0 Å². The van der Waals surface area contributed by atoms with E-state index in [9.17, 15) is 14.2 Å². The number of hydrogen-bond acceptors (Lipinski definition) is 11. The first kappa shape index (κ1) is 41.8. The van der Waals surface area contributed by atoms with Gasteiger partial charge in [0.2, 0.25) is 11.9 Å². The van der Waals surface area contributed by atoms with Crippen molar-refractivity contribution >= 4 is 26.2 Å². The monoisotopic (exact) mass is 718 g/mol. The molecule has 4 unspecified atom stereocenters. The highest BCUT2D eigenvalue weighted by atomic mass is 31.1. The maximum absolute atomic E-state index is 12.9. The molecule has 2 N–H and O–H groups in total. The van der Waals surface area contributed by atoms with Gasteiger partial charge in [-0.1, -0.05) is 104 Å². The van der Waals surface area contributed by atoms with Crippen molar-refractivity contribution < 1.29 is 46.9 Å². The first-order valence-corrected chi connectivity index (χ1v) is 20.0. The van der Waals surface area contributed by atoms with Crippen LogP contribution in [-0.4, -0.2) is 93.5 Å². The van der Waals surface area contributed by atoms with E-state index in [0.717, 1.165) is 13.0 Å². The molecule has 3 aliphatic rings. The molecule has 6 atom stereocenters. The molecule has 0 aromatic carbocycles. The van der Waals surface area contributed by atoms with Crippen molar-refractivity contribution in [1.29, 1.82) is 0 Å². The van der Waals surface area contributed by atoms with Crippen LogP contribution in [0.5, 0.6) is 0 Å². The average molecular weight is 719 g/mol. The summed E-state index contributed by atoms with van der Waals surface area (Å²) in [6, 6.07) is -0.616. The Balaban J connectivity index is 1.23. The van der Waals surface area contributed by atoms with Crippen LogP contribution >= 0.6 is 8.25 Å². The Labute approximate surface area is 294 Å². The molecule has 3 rings (SSSR count). The van der Waals surface area contributed by atoms with Gasteiger partial charge in [0.05, 0.1) is 19.9 Å². The number of hydrogen-bond donors (Lipinski definition) is 2. The van der Waals surface area contributed by atoms with E-state index in [0.29, 0.717) is 19.6 Å². The van der Waals surface area contributed by atoms with Crippen LogP contribution in [0.3, 0.4) is 0 Å². The number of amides is 3. The van der Waals surface area contributed by atoms with Crippen molar-refractivity contribution in [2.45, 2.75) is 155 Å². The van der Waals surface area contributed by atoms with E-state index in [-0.39, 0.29) is 37.7 Å². The number of unbranched alkanes of at least 4 members (excludes halogenated alkanes) is 13. The van der Waals surface area contributed by atoms with Gasteiger partial charge in [-0.2, -0.15) is 4.99 Å². The third kappa shape index (κ3) is 15.6. The molecule has 3 amide bonds. The van der Waals surface area contributed by atoms with Gasteiger partial charge < -0.3 is 38.0 Å². The number of nitrogens with zero attached hydrogens (tertiary/aromatic N) is 2. The van der Waals surface area contributed by atoms with Crippen LogP contribution in [0.15, 0.2) is 4.99 Å². The molecule has 0 saturated carbocycles. The number of ether oxygens (including phenoxy) is 5. The molecule has 15 heteroatoms. The van der Waals surface area contributed by atoms with Gasteiger partial charge in [0.1, 0.15) is 18.3 Å². The van der Waals surface area contributed by atoms with Crippen LogP contribution in [0.4, 0.5) is 4.79 Å². The molecule has 2 fully saturated rings. The minimum Gasteiger partial charge on any atom is -0.381 e. The lowest BCUT2D eigenvalue weighted by molar-refractivity contribution is -0.267. The smallest absolute Gasteiger partial charge is 0.350 e. The molecule has 3 heterocycles. The number of rotatable bonds is 27. The summed E-state index contributed by atoms with van der Waals surface area (Å²) in [5.41, 5.74) is 0. The quantitative estimate of drug-likeness (QED) is 0.0733. The van der Waals surface area contributed by atoms with Gasteiger partial charge in [-0.3, -0.25) is 19.6 Å². The Morgan fingerprint density at radius 3 is 2.10 bits per heavy atom. The molecule has 284 valence electrons. The van der Waals surface area contributed by atoms with E-state index in [1.807, 2.05) is 6.92 Å². The zero-order valence-corrected chi connectivity index (χ0v) is 31.3. The summed E-state index contributed by atoms with van der Waals surface area (Å²) in [5, 5.41) is 5.51. The SMILES string of the molecule is CCCCCCCCCCCCCCCCOCCCO[PH](=O)OC[C@H]1O[C@@H](N2CNC(NC(=O)C(C)C)=NC2=O)C2OC(OCC)OC21. The summed E-state index contributed by atoms with van der Waals surface area (Å²) in [5.74, 6) is -0.467. The largest absolute Gasteiger partial charge is 0.381 e. The highest BCUT2D eigenvalue weighted by molar-refractivity contribution is 7.33. The van der Waals surface area contributed by atoms with E-state index < -0.39 is 45.3 Å². The molecule has 49 heavy (non-hydrogen) atoms. The Hall–Kier alpha value is -1.64. The van der Waals surface area contributed by atoms with Crippen LogP contribution in [-0.2, 0) is 42.1 Å². The second-order valence-electron chi connectivity index (χ2n) is 13.2. The zero-order chi connectivity index (χ0) is 35.3. The van der Waals surface area contributed by atoms with Crippen LogP contribution in [0, 0.1) is 5.92 Å². The predicted octanol–water partition coefficient (Wildman–Crippen LogP) is 6.24. The van der Waals surface area contributed by atoms with Crippen molar-refractivity contribution in [1.82, 2.24) is 15.5 Å². The lowest BCUT2D eigenvalue weighted by atomic mass is 10.0. The zero-order valence-electron chi connectivity index (χ0n) is 30.3. The fourth-order valence-corrected chi connectivity index (χ4v) is 6.57. The molecule has 0 aromatic heterocycles. The Bertz CT molecular complexity index is 1010. The topological polar surface area (TPSA) is 155 Å². The summed E-state index contributed by atoms with van der Waals surface area (Å²) < 4.78 is 52.4. The summed E-state index contributed by atoms with van der Waals surface area (Å²) in [6.07, 6.45) is 16.3. The Morgan fingerprint density at radius 2 is 1.49 bits per heavy atom. The van der Waals surface area contributed by atoms with Crippen molar-refractivity contribution in [2.24, 2.45) is 10.9 Å². The number of nitrogens with one attached hydrogen (secondary N) is 2. The Kier molecular flexibility index (Phi) is 20.9. The first-order chi connectivity index (χ1) is 23.8. The maximum atomic E-state index is 12.9. The molecular formula is C34H63N4O10P. The fraction of sp³-hybridized carbons (Fsp3) is 0.912. The van der Waals surface area contributed by atoms with Gasteiger partial charge >= 0.3 is 14.3 Å². The molecule has 0 spiro atoms. The number of fused-ring (bicyclic) bond motifs is 1. The first-order valence-electron chi connectivity index (χ1n) is 18.7. The van der Waals surface area contributed by atoms with E-state index in [1.165, 1.54) is 88.4 Å². The fourth-order valence-electron chi connectivity index (χ4n) is 5.87. The van der Waals surface area contributed by atoms with Gasteiger partial charge in [-0.15, -0.1) is 0 Å². The van der Waals surface area contributed by atoms with Gasteiger partial charge in [-0.05, 0) is 19.8 Å². The Morgan fingerprint density at radius 1 is 0.878 bits per heavy atom. The van der Waals surface area contributed by atoms with Gasteiger partial charge in [-0.25, -0.2) is 4.79 Å². The number of carbonyl (C=O) groups excluding carboxylic acids is 2. The molecular weight excluding hydrogens is 655 g/mol. The lowest BCUT2D eigenvalue weighted by Gasteiger charge is -2.33. The second-order valence-corrected chi connectivity index (χ2v) is 14.3. The van der Waals surface area contributed by atoms with Gasteiger partial charge in [0.25, 0.3) is 6.48 Å². The van der Waals surface area contributed by atoms with E-state index >= 15 is 0 Å². The second kappa shape index (κ2) is 24.5. The minimum atomic E-state index is -2.80. The minimum absolute atomic E-state index is 0.0152. The molecule has 0 radical (unpaired) electrons. The number of carbonyl (C=O) groups is 2. The van der Waals surface area contributed by atoms with Crippen LogP contribution < -0.4 is 10.6 Å². The normalized spacial score (nSPS) is 24.3. The van der Waals surface area contributed by atoms with Crippen molar-refractivity contribution in [3.63, 3.8) is 0 Å². The van der Waals surface area contributed by atoms with Crippen LogP contribution in [0.1, 0.15) is 124 Å². The summed E-state index contributed by atoms with van der Waals surface area (Å²) in [6.45, 7) is 8.41. The van der Waals surface area contributed by atoms with E-state index in [2.05, 4.69) is 22.5 Å². The number of aliphatic imine (C=N–C) groups is 1.